The molecule has 1 amide bonds. The van der Waals surface area contributed by atoms with Crippen molar-refractivity contribution in [2.24, 2.45) is 0 Å². The van der Waals surface area contributed by atoms with Gasteiger partial charge in [-0.3, -0.25) is 0 Å². The average Bonchev–Trinajstić information content (AvgIpc) is 2.38. The summed E-state index contributed by atoms with van der Waals surface area (Å²) in [4.78, 5) is 14.7. The van der Waals surface area contributed by atoms with Gasteiger partial charge >= 0.3 is 6.09 Å². The molecule has 1 atom stereocenters. The third-order valence-electron chi connectivity index (χ3n) is 4.79. The van der Waals surface area contributed by atoms with E-state index in [4.69, 9.17) is 4.74 Å². The quantitative estimate of drug-likeness (QED) is 0.845. The third kappa shape index (κ3) is 4.12. The smallest absolute Gasteiger partial charge is 0.410 e. The molecule has 1 N–H and O–H groups in total. The summed E-state index contributed by atoms with van der Waals surface area (Å²) < 4.78 is 5.67. The number of ether oxygens (including phenoxy) is 1. The van der Waals surface area contributed by atoms with E-state index in [0.717, 1.165) is 38.8 Å². The predicted molar refractivity (Wildman–Crippen MR) is 85.5 cm³/mol. The number of rotatable bonds is 2. The van der Waals surface area contributed by atoms with Crippen LogP contribution in [0.4, 0.5) is 4.79 Å². The summed E-state index contributed by atoms with van der Waals surface area (Å²) in [5.74, 6) is 0. The zero-order valence-electron chi connectivity index (χ0n) is 14.2. The van der Waals surface area contributed by atoms with E-state index in [1.807, 2.05) is 20.8 Å². The second-order valence-electron chi connectivity index (χ2n) is 7.66. The van der Waals surface area contributed by atoms with Gasteiger partial charge in [0.15, 0.2) is 0 Å². The Bertz CT molecular complexity index is 356. The standard InChI is InChI=1S/C17H32N2O2/c1-5-18-14-9-12-19(15(20)21-16(2,3)4)17(13-14)10-7-6-8-11-17/h14,18H,5-13H2,1-4H3. The minimum atomic E-state index is -0.411. The first-order valence-corrected chi connectivity index (χ1v) is 8.60. The highest BCUT2D eigenvalue weighted by atomic mass is 16.6. The normalized spacial score (nSPS) is 25.9. The summed E-state index contributed by atoms with van der Waals surface area (Å²) in [5.41, 5.74) is -0.378. The van der Waals surface area contributed by atoms with Gasteiger partial charge in [0.2, 0.25) is 0 Å². The fraction of sp³-hybridized carbons (Fsp3) is 0.941. The molecular weight excluding hydrogens is 264 g/mol. The van der Waals surface area contributed by atoms with Gasteiger partial charge in [-0.05, 0) is 53.0 Å². The van der Waals surface area contributed by atoms with Crippen LogP contribution in [0.15, 0.2) is 0 Å². The summed E-state index contributed by atoms with van der Waals surface area (Å²) in [6.07, 6.45) is 8.04. The maximum atomic E-state index is 12.6. The number of carbonyl (C=O) groups excluding carboxylic acids is 1. The minimum Gasteiger partial charge on any atom is -0.444 e. The largest absolute Gasteiger partial charge is 0.444 e. The van der Waals surface area contributed by atoms with Crippen molar-refractivity contribution in [3.63, 3.8) is 0 Å². The van der Waals surface area contributed by atoms with Crippen molar-refractivity contribution >= 4 is 6.09 Å². The van der Waals surface area contributed by atoms with Crippen molar-refractivity contribution in [3.05, 3.63) is 0 Å². The third-order valence-corrected chi connectivity index (χ3v) is 4.79. The first-order chi connectivity index (χ1) is 9.86. The second kappa shape index (κ2) is 6.55. The number of piperidine rings is 1. The molecule has 0 radical (unpaired) electrons. The van der Waals surface area contributed by atoms with Gasteiger partial charge in [0.1, 0.15) is 5.60 Å². The average molecular weight is 296 g/mol. The molecule has 1 aliphatic carbocycles. The lowest BCUT2D eigenvalue weighted by molar-refractivity contribution is -0.0329. The van der Waals surface area contributed by atoms with E-state index in [1.54, 1.807) is 0 Å². The molecule has 1 saturated carbocycles. The molecule has 0 bridgehead atoms. The van der Waals surface area contributed by atoms with Crippen LogP contribution in [0, 0.1) is 0 Å². The molecule has 122 valence electrons. The van der Waals surface area contributed by atoms with Crippen LogP contribution in [0.5, 0.6) is 0 Å². The molecule has 2 aliphatic rings. The topological polar surface area (TPSA) is 41.6 Å². The van der Waals surface area contributed by atoms with Crippen LogP contribution in [0.2, 0.25) is 0 Å². The summed E-state index contributed by atoms with van der Waals surface area (Å²) in [5, 5.41) is 3.58. The Kier molecular flexibility index (Phi) is 5.18. The van der Waals surface area contributed by atoms with Crippen molar-refractivity contribution in [3.8, 4) is 0 Å². The van der Waals surface area contributed by atoms with Crippen molar-refractivity contribution < 1.29 is 9.53 Å². The molecule has 4 heteroatoms. The van der Waals surface area contributed by atoms with Gasteiger partial charge in [-0.1, -0.05) is 26.2 Å². The summed E-state index contributed by atoms with van der Waals surface area (Å²) in [7, 11) is 0. The maximum absolute atomic E-state index is 12.6. The van der Waals surface area contributed by atoms with E-state index in [-0.39, 0.29) is 11.6 Å². The first-order valence-electron chi connectivity index (χ1n) is 8.60. The Morgan fingerprint density at radius 3 is 2.52 bits per heavy atom. The molecule has 1 spiro atoms. The number of likely N-dealkylation sites (tertiary alicyclic amines) is 1. The van der Waals surface area contributed by atoms with Gasteiger partial charge in [0, 0.05) is 18.1 Å². The van der Waals surface area contributed by atoms with Crippen LogP contribution >= 0.6 is 0 Å². The first kappa shape index (κ1) is 16.6. The molecule has 0 aromatic carbocycles. The van der Waals surface area contributed by atoms with Crippen LogP contribution in [0.3, 0.4) is 0 Å². The lowest BCUT2D eigenvalue weighted by atomic mass is 9.73. The molecule has 2 fully saturated rings. The van der Waals surface area contributed by atoms with Crippen LogP contribution < -0.4 is 5.32 Å². The van der Waals surface area contributed by atoms with Crippen molar-refractivity contribution in [1.29, 1.82) is 0 Å². The summed E-state index contributed by atoms with van der Waals surface area (Å²) in [6.45, 7) is 9.84. The van der Waals surface area contributed by atoms with Crippen molar-refractivity contribution in [1.82, 2.24) is 10.2 Å². The van der Waals surface area contributed by atoms with E-state index in [9.17, 15) is 4.79 Å². The predicted octanol–water partition coefficient (Wildman–Crippen LogP) is 3.70. The highest BCUT2D eigenvalue weighted by Gasteiger charge is 2.46. The van der Waals surface area contributed by atoms with Crippen LogP contribution in [-0.4, -0.2) is 41.3 Å². The molecule has 1 unspecified atom stereocenters. The Morgan fingerprint density at radius 2 is 1.95 bits per heavy atom. The minimum absolute atomic E-state index is 0.0334. The van der Waals surface area contributed by atoms with Gasteiger partial charge < -0.3 is 15.0 Å². The lowest BCUT2D eigenvalue weighted by Gasteiger charge is -2.51. The zero-order valence-corrected chi connectivity index (χ0v) is 14.2. The Labute approximate surface area is 129 Å². The van der Waals surface area contributed by atoms with Crippen molar-refractivity contribution in [2.75, 3.05) is 13.1 Å². The second-order valence-corrected chi connectivity index (χ2v) is 7.66. The van der Waals surface area contributed by atoms with Gasteiger partial charge in [0.05, 0.1) is 0 Å². The number of nitrogens with zero attached hydrogens (tertiary/aromatic N) is 1. The molecule has 21 heavy (non-hydrogen) atoms. The summed E-state index contributed by atoms with van der Waals surface area (Å²) >= 11 is 0. The van der Waals surface area contributed by atoms with E-state index in [1.165, 1.54) is 19.3 Å². The molecule has 1 saturated heterocycles. The van der Waals surface area contributed by atoms with Gasteiger partial charge in [-0.2, -0.15) is 0 Å². The van der Waals surface area contributed by atoms with Gasteiger partial charge in [-0.15, -0.1) is 0 Å². The van der Waals surface area contributed by atoms with E-state index >= 15 is 0 Å². The zero-order chi connectivity index (χ0) is 15.5. The van der Waals surface area contributed by atoms with Gasteiger partial charge in [0.25, 0.3) is 0 Å². The fourth-order valence-electron chi connectivity index (χ4n) is 3.94. The molecule has 0 aromatic heterocycles. The van der Waals surface area contributed by atoms with Crippen molar-refractivity contribution in [2.45, 2.75) is 89.8 Å². The fourth-order valence-corrected chi connectivity index (χ4v) is 3.94. The van der Waals surface area contributed by atoms with Gasteiger partial charge in [-0.25, -0.2) is 4.79 Å². The monoisotopic (exact) mass is 296 g/mol. The SMILES string of the molecule is CCNC1CCN(C(=O)OC(C)(C)C)C2(CCCCC2)C1. The molecule has 2 rings (SSSR count). The Morgan fingerprint density at radius 1 is 1.29 bits per heavy atom. The number of nitrogens with one attached hydrogen (secondary N) is 1. The number of hydrogen-bond donors (Lipinski definition) is 1. The Hall–Kier alpha value is -0.770. The highest BCUT2D eigenvalue weighted by Crippen LogP contribution is 2.41. The van der Waals surface area contributed by atoms with Crippen LogP contribution in [0.25, 0.3) is 0 Å². The highest BCUT2D eigenvalue weighted by molar-refractivity contribution is 5.69. The molecule has 0 aromatic rings. The van der Waals surface area contributed by atoms with E-state index in [0.29, 0.717) is 6.04 Å². The van der Waals surface area contributed by atoms with Crippen LogP contribution in [-0.2, 0) is 4.74 Å². The maximum Gasteiger partial charge on any atom is 0.410 e. The van der Waals surface area contributed by atoms with E-state index < -0.39 is 5.60 Å². The lowest BCUT2D eigenvalue weighted by Crippen LogP contribution is -2.61. The molecular formula is C17H32N2O2. The van der Waals surface area contributed by atoms with E-state index in [2.05, 4.69) is 17.1 Å². The molecule has 4 nitrogen and oxygen atoms in total. The number of amides is 1. The summed E-state index contributed by atoms with van der Waals surface area (Å²) in [6, 6.07) is 0.548. The molecule has 1 aliphatic heterocycles. The van der Waals surface area contributed by atoms with Crippen LogP contribution in [0.1, 0.15) is 72.6 Å². The number of carbonyl (C=O) groups is 1. The number of hydrogen-bond acceptors (Lipinski definition) is 3. The Balaban J connectivity index is 2.12. The molecule has 1 heterocycles.